The highest BCUT2D eigenvalue weighted by Crippen LogP contribution is 2.18. The molecular formula is C17H22N4O3. The van der Waals surface area contributed by atoms with Gasteiger partial charge in [-0.1, -0.05) is 0 Å². The summed E-state index contributed by atoms with van der Waals surface area (Å²) in [6, 6.07) is 3.73. The number of imidazole rings is 1. The number of pyridine rings is 1. The van der Waals surface area contributed by atoms with Crippen LogP contribution in [0.25, 0.3) is 0 Å². The van der Waals surface area contributed by atoms with Crippen LogP contribution in [0, 0.1) is 5.92 Å². The molecule has 0 N–H and O–H groups in total. The van der Waals surface area contributed by atoms with Crippen LogP contribution in [0.2, 0.25) is 0 Å². The van der Waals surface area contributed by atoms with E-state index in [0.29, 0.717) is 32.7 Å². The molecule has 0 saturated carbocycles. The normalized spacial score (nSPS) is 17.2. The van der Waals surface area contributed by atoms with Crippen molar-refractivity contribution in [1.82, 2.24) is 19.4 Å². The lowest BCUT2D eigenvalue weighted by Crippen LogP contribution is -2.36. The Kier molecular flexibility index (Phi) is 5.43. The van der Waals surface area contributed by atoms with Gasteiger partial charge in [0.15, 0.2) is 0 Å². The molecule has 24 heavy (non-hydrogen) atoms. The first-order valence-corrected chi connectivity index (χ1v) is 8.06. The summed E-state index contributed by atoms with van der Waals surface area (Å²) >= 11 is 0. The number of hydrogen-bond acceptors (Lipinski definition) is 5. The van der Waals surface area contributed by atoms with Crippen molar-refractivity contribution in [2.75, 3.05) is 26.9 Å². The highest BCUT2D eigenvalue weighted by molar-refractivity contribution is 5.76. The van der Waals surface area contributed by atoms with Gasteiger partial charge < -0.3 is 18.9 Å². The van der Waals surface area contributed by atoms with Crippen molar-refractivity contribution in [3.8, 4) is 5.75 Å². The van der Waals surface area contributed by atoms with Crippen molar-refractivity contribution in [3.05, 3.63) is 42.7 Å². The van der Waals surface area contributed by atoms with Gasteiger partial charge >= 0.3 is 0 Å². The molecule has 3 rings (SSSR count). The summed E-state index contributed by atoms with van der Waals surface area (Å²) in [7, 11) is 1.60. The Bertz CT molecular complexity index is 659. The summed E-state index contributed by atoms with van der Waals surface area (Å²) in [4.78, 5) is 22.7. The number of ether oxygens (including phenoxy) is 2. The van der Waals surface area contributed by atoms with Crippen LogP contribution >= 0.6 is 0 Å². The second-order valence-corrected chi connectivity index (χ2v) is 5.88. The molecule has 1 aliphatic rings. The first-order chi connectivity index (χ1) is 11.8. The maximum absolute atomic E-state index is 12.4. The van der Waals surface area contributed by atoms with Gasteiger partial charge in [0.2, 0.25) is 5.91 Å². The molecule has 0 aromatic carbocycles. The highest BCUT2D eigenvalue weighted by atomic mass is 16.5. The number of amides is 1. The minimum Gasteiger partial charge on any atom is -0.492 e. The van der Waals surface area contributed by atoms with Crippen LogP contribution in [-0.4, -0.2) is 52.2 Å². The van der Waals surface area contributed by atoms with Crippen molar-refractivity contribution in [2.45, 2.75) is 19.5 Å². The maximum atomic E-state index is 12.4. The van der Waals surface area contributed by atoms with Crippen LogP contribution in [0.3, 0.4) is 0 Å². The fourth-order valence-electron chi connectivity index (χ4n) is 2.83. The lowest BCUT2D eigenvalue weighted by Gasteiger charge is -2.24. The van der Waals surface area contributed by atoms with Crippen molar-refractivity contribution in [2.24, 2.45) is 5.92 Å². The molecule has 1 atom stereocenters. The zero-order valence-corrected chi connectivity index (χ0v) is 13.8. The zero-order chi connectivity index (χ0) is 16.8. The number of aromatic nitrogens is 3. The maximum Gasteiger partial charge on any atom is 0.225 e. The number of methoxy groups -OCH3 is 1. The Hall–Kier alpha value is -2.41. The van der Waals surface area contributed by atoms with Gasteiger partial charge in [0.1, 0.15) is 11.6 Å². The van der Waals surface area contributed by atoms with Crippen LogP contribution in [0.15, 0.2) is 36.9 Å². The SMILES string of the molecule is COCCC(=O)N1Cc2nccn2C[C@@H](COc2cccnc2)C1. The number of rotatable bonds is 6. The molecule has 7 nitrogen and oxygen atoms in total. The molecule has 0 radical (unpaired) electrons. The van der Waals surface area contributed by atoms with Gasteiger partial charge in [-0.25, -0.2) is 4.98 Å². The Morgan fingerprint density at radius 3 is 3.08 bits per heavy atom. The molecule has 0 aliphatic carbocycles. The molecule has 3 heterocycles. The summed E-state index contributed by atoms with van der Waals surface area (Å²) in [5.74, 6) is 1.92. The molecule has 1 amide bonds. The average molecular weight is 330 g/mol. The standard InChI is InChI=1S/C17H22N4O3/c1-23-8-4-17(22)21-11-14(10-20-7-6-19-16(20)12-21)13-24-15-3-2-5-18-9-15/h2-3,5-7,9,14H,4,8,10-13H2,1H3/t14-/m1/s1. The van der Waals surface area contributed by atoms with Gasteiger partial charge in [-0.2, -0.15) is 0 Å². The third kappa shape index (κ3) is 4.11. The van der Waals surface area contributed by atoms with Crippen LogP contribution in [0.1, 0.15) is 12.2 Å². The van der Waals surface area contributed by atoms with Gasteiger partial charge in [0.05, 0.1) is 32.4 Å². The molecule has 0 fully saturated rings. The molecule has 7 heteroatoms. The van der Waals surface area contributed by atoms with Gasteiger partial charge in [0, 0.05) is 44.7 Å². The predicted molar refractivity (Wildman–Crippen MR) is 87.4 cm³/mol. The number of carbonyl (C=O) groups is 1. The van der Waals surface area contributed by atoms with Crippen LogP contribution in [-0.2, 0) is 22.6 Å². The number of nitrogens with zero attached hydrogens (tertiary/aromatic N) is 4. The molecule has 128 valence electrons. The van der Waals surface area contributed by atoms with Crippen molar-refractivity contribution in [3.63, 3.8) is 0 Å². The van der Waals surface area contributed by atoms with E-state index in [4.69, 9.17) is 9.47 Å². The smallest absolute Gasteiger partial charge is 0.225 e. The number of fused-ring (bicyclic) bond motifs is 1. The Morgan fingerprint density at radius 2 is 2.29 bits per heavy atom. The van der Waals surface area contributed by atoms with E-state index in [1.165, 1.54) is 0 Å². The second kappa shape index (κ2) is 7.92. The molecule has 1 aliphatic heterocycles. The molecule has 0 saturated heterocycles. The predicted octanol–water partition coefficient (Wildman–Crippen LogP) is 1.35. The van der Waals surface area contributed by atoms with E-state index in [9.17, 15) is 4.79 Å². The van der Waals surface area contributed by atoms with E-state index in [0.717, 1.165) is 18.1 Å². The molecular weight excluding hydrogens is 308 g/mol. The van der Waals surface area contributed by atoms with E-state index in [-0.39, 0.29) is 11.8 Å². The minimum atomic E-state index is 0.0830. The van der Waals surface area contributed by atoms with Gasteiger partial charge in [-0.3, -0.25) is 9.78 Å². The Morgan fingerprint density at radius 1 is 1.38 bits per heavy atom. The fraction of sp³-hybridized carbons (Fsp3) is 0.471. The van der Waals surface area contributed by atoms with E-state index in [2.05, 4.69) is 14.5 Å². The molecule has 0 bridgehead atoms. The minimum absolute atomic E-state index is 0.0830. The average Bonchev–Trinajstić information content (AvgIpc) is 2.96. The summed E-state index contributed by atoms with van der Waals surface area (Å²) in [5.41, 5.74) is 0. The topological polar surface area (TPSA) is 69.5 Å². The van der Waals surface area contributed by atoms with E-state index in [1.54, 1.807) is 25.7 Å². The first kappa shape index (κ1) is 16.4. The van der Waals surface area contributed by atoms with Crippen molar-refractivity contribution >= 4 is 5.91 Å². The summed E-state index contributed by atoms with van der Waals surface area (Å²) in [6.45, 7) is 2.91. The lowest BCUT2D eigenvalue weighted by molar-refractivity contribution is -0.133. The Balaban J connectivity index is 1.68. The van der Waals surface area contributed by atoms with E-state index < -0.39 is 0 Å². The summed E-state index contributed by atoms with van der Waals surface area (Å²) < 4.78 is 13.0. The fourth-order valence-corrected chi connectivity index (χ4v) is 2.83. The molecule has 0 unspecified atom stereocenters. The van der Waals surface area contributed by atoms with Gasteiger partial charge in [-0.15, -0.1) is 0 Å². The number of hydrogen-bond donors (Lipinski definition) is 0. The van der Waals surface area contributed by atoms with E-state index in [1.807, 2.05) is 23.2 Å². The number of carbonyl (C=O) groups excluding carboxylic acids is 1. The summed E-state index contributed by atoms with van der Waals surface area (Å²) in [6.07, 6.45) is 7.52. The van der Waals surface area contributed by atoms with Crippen LogP contribution in [0.4, 0.5) is 0 Å². The lowest BCUT2D eigenvalue weighted by atomic mass is 10.1. The quantitative estimate of drug-likeness (QED) is 0.800. The highest BCUT2D eigenvalue weighted by Gasteiger charge is 2.25. The van der Waals surface area contributed by atoms with Gasteiger partial charge in [-0.05, 0) is 12.1 Å². The largest absolute Gasteiger partial charge is 0.492 e. The van der Waals surface area contributed by atoms with Crippen LogP contribution in [0.5, 0.6) is 5.75 Å². The monoisotopic (exact) mass is 330 g/mol. The first-order valence-electron chi connectivity index (χ1n) is 8.06. The van der Waals surface area contributed by atoms with Crippen molar-refractivity contribution < 1.29 is 14.3 Å². The third-order valence-corrected chi connectivity index (χ3v) is 4.06. The van der Waals surface area contributed by atoms with E-state index >= 15 is 0 Å². The molecule has 2 aromatic heterocycles. The second-order valence-electron chi connectivity index (χ2n) is 5.88. The third-order valence-electron chi connectivity index (χ3n) is 4.06. The molecule has 2 aromatic rings. The Labute approximate surface area is 141 Å². The molecule has 0 spiro atoms. The van der Waals surface area contributed by atoms with Crippen LogP contribution < -0.4 is 4.74 Å². The van der Waals surface area contributed by atoms with Crippen molar-refractivity contribution in [1.29, 1.82) is 0 Å². The summed E-state index contributed by atoms with van der Waals surface area (Å²) in [5, 5.41) is 0. The zero-order valence-electron chi connectivity index (χ0n) is 13.8. The van der Waals surface area contributed by atoms with Gasteiger partial charge in [0.25, 0.3) is 0 Å².